The maximum atomic E-state index is 7.38. The van der Waals surface area contributed by atoms with Gasteiger partial charge in [0.2, 0.25) is 0 Å². The first-order valence-electron chi connectivity index (χ1n) is 3.88. The first-order valence-corrected chi connectivity index (χ1v) is 3.88. The van der Waals surface area contributed by atoms with Gasteiger partial charge in [-0.25, -0.2) is 0 Å². The van der Waals surface area contributed by atoms with Crippen LogP contribution in [0.4, 0.5) is 0 Å². The van der Waals surface area contributed by atoms with E-state index in [0.29, 0.717) is 11.8 Å². The van der Waals surface area contributed by atoms with E-state index >= 15 is 0 Å². The van der Waals surface area contributed by atoms with Crippen LogP contribution in [0.15, 0.2) is 0 Å². The molecular formula is C8H17NO. The Balaban J connectivity index is 3.68. The van der Waals surface area contributed by atoms with Crippen LogP contribution in [0.25, 0.3) is 0 Å². The molecule has 60 valence electrons. The molecule has 0 bridgehead atoms. The molecule has 0 saturated carbocycles. The highest BCUT2D eigenvalue weighted by atomic mass is 16.5. The van der Waals surface area contributed by atoms with Gasteiger partial charge >= 0.3 is 0 Å². The van der Waals surface area contributed by atoms with Gasteiger partial charge in [-0.15, -0.1) is 0 Å². The van der Waals surface area contributed by atoms with Crippen LogP contribution in [-0.2, 0) is 4.74 Å². The van der Waals surface area contributed by atoms with Crippen molar-refractivity contribution in [3.8, 4) is 0 Å². The van der Waals surface area contributed by atoms with Crippen molar-refractivity contribution in [3.05, 3.63) is 0 Å². The molecule has 0 saturated heterocycles. The fraction of sp³-hybridized carbons (Fsp3) is 0.875. The number of rotatable bonds is 4. The molecule has 0 unspecified atom stereocenters. The van der Waals surface area contributed by atoms with Crippen molar-refractivity contribution in [2.24, 2.45) is 5.92 Å². The minimum Gasteiger partial charge on any atom is -0.484 e. The summed E-state index contributed by atoms with van der Waals surface area (Å²) in [6.45, 7) is 4.22. The molecule has 0 aliphatic heterocycles. The summed E-state index contributed by atoms with van der Waals surface area (Å²) in [5.74, 6) is 0.777. The van der Waals surface area contributed by atoms with E-state index in [0.717, 1.165) is 19.3 Å². The topological polar surface area (TPSA) is 33.1 Å². The minimum atomic E-state index is 0.343. The van der Waals surface area contributed by atoms with Crippen molar-refractivity contribution >= 4 is 5.90 Å². The van der Waals surface area contributed by atoms with Crippen LogP contribution in [0.2, 0.25) is 0 Å². The number of hydrogen-bond donors (Lipinski definition) is 1. The average Bonchev–Trinajstić information content (AvgIpc) is 1.99. The molecule has 0 aromatic heterocycles. The van der Waals surface area contributed by atoms with Gasteiger partial charge in [0, 0.05) is 5.92 Å². The fourth-order valence-corrected chi connectivity index (χ4v) is 1.04. The molecule has 0 aromatic rings. The second-order valence-corrected chi connectivity index (χ2v) is 2.46. The second kappa shape index (κ2) is 5.27. The monoisotopic (exact) mass is 143 g/mol. The van der Waals surface area contributed by atoms with Gasteiger partial charge in [0.25, 0.3) is 0 Å². The third-order valence-corrected chi connectivity index (χ3v) is 1.72. The first-order chi connectivity index (χ1) is 4.76. The molecule has 1 atom stereocenters. The SMILES string of the molecule is CCC[C@H](CC)C(=N)OC. The Bertz CT molecular complexity index is 101. The summed E-state index contributed by atoms with van der Waals surface area (Å²) in [6.07, 6.45) is 3.22. The number of methoxy groups -OCH3 is 1. The van der Waals surface area contributed by atoms with E-state index in [9.17, 15) is 0 Å². The zero-order valence-corrected chi connectivity index (χ0v) is 7.11. The maximum absolute atomic E-state index is 7.38. The summed E-state index contributed by atoms with van der Waals surface area (Å²) in [6, 6.07) is 0. The Morgan fingerprint density at radius 2 is 2.10 bits per heavy atom. The number of nitrogens with one attached hydrogen (secondary N) is 1. The van der Waals surface area contributed by atoms with Crippen LogP contribution in [0.5, 0.6) is 0 Å². The van der Waals surface area contributed by atoms with E-state index in [2.05, 4.69) is 13.8 Å². The van der Waals surface area contributed by atoms with Gasteiger partial charge in [-0.1, -0.05) is 20.3 Å². The van der Waals surface area contributed by atoms with Gasteiger partial charge in [-0.2, -0.15) is 0 Å². The van der Waals surface area contributed by atoms with Gasteiger partial charge < -0.3 is 4.74 Å². The number of hydrogen-bond acceptors (Lipinski definition) is 2. The molecule has 2 heteroatoms. The van der Waals surface area contributed by atoms with Gasteiger partial charge in [0.05, 0.1) is 7.11 Å². The maximum Gasteiger partial charge on any atom is 0.183 e. The molecule has 0 aromatic carbocycles. The van der Waals surface area contributed by atoms with Gasteiger partial charge in [-0.05, 0) is 12.8 Å². The summed E-state index contributed by atoms with van der Waals surface area (Å²) in [4.78, 5) is 0. The van der Waals surface area contributed by atoms with E-state index in [1.54, 1.807) is 7.11 Å². The molecule has 0 rings (SSSR count). The van der Waals surface area contributed by atoms with Crippen molar-refractivity contribution in [2.75, 3.05) is 7.11 Å². The summed E-state index contributed by atoms with van der Waals surface area (Å²) in [5, 5.41) is 7.38. The van der Waals surface area contributed by atoms with Crippen LogP contribution < -0.4 is 0 Å². The zero-order valence-electron chi connectivity index (χ0n) is 7.11. The summed E-state index contributed by atoms with van der Waals surface area (Å²) < 4.78 is 4.84. The Kier molecular flexibility index (Phi) is 4.99. The molecule has 10 heavy (non-hydrogen) atoms. The number of ether oxygens (including phenoxy) is 1. The molecule has 0 radical (unpaired) electrons. The highest BCUT2D eigenvalue weighted by molar-refractivity contribution is 5.75. The van der Waals surface area contributed by atoms with E-state index in [1.807, 2.05) is 0 Å². The molecule has 0 aliphatic rings. The smallest absolute Gasteiger partial charge is 0.183 e. The Morgan fingerprint density at radius 3 is 2.40 bits per heavy atom. The lowest BCUT2D eigenvalue weighted by Crippen LogP contribution is -2.13. The van der Waals surface area contributed by atoms with Crippen LogP contribution >= 0.6 is 0 Å². The highest BCUT2D eigenvalue weighted by Crippen LogP contribution is 2.11. The second-order valence-electron chi connectivity index (χ2n) is 2.46. The zero-order chi connectivity index (χ0) is 7.98. The lowest BCUT2D eigenvalue weighted by Gasteiger charge is -2.12. The molecule has 2 nitrogen and oxygen atoms in total. The summed E-state index contributed by atoms with van der Waals surface area (Å²) in [5.41, 5.74) is 0. The van der Waals surface area contributed by atoms with E-state index in [1.165, 1.54) is 0 Å². The third-order valence-electron chi connectivity index (χ3n) is 1.72. The van der Waals surface area contributed by atoms with Crippen molar-refractivity contribution in [2.45, 2.75) is 33.1 Å². The predicted molar refractivity (Wildman–Crippen MR) is 43.4 cm³/mol. The van der Waals surface area contributed by atoms with Crippen LogP contribution in [0.3, 0.4) is 0 Å². The Labute approximate surface area is 63.1 Å². The molecule has 0 amide bonds. The van der Waals surface area contributed by atoms with Gasteiger partial charge in [-0.3, -0.25) is 5.41 Å². The van der Waals surface area contributed by atoms with Crippen LogP contribution in [-0.4, -0.2) is 13.0 Å². The standard InChI is InChI=1S/C8H17NO/c1-4-6-7(5-2)8(9)10-3/h7,9H,4-6H2,1-3H3/t7-/m0/s1. The molecular weight excluding hydrogens is 126 g/mol. The molecule has 0 spiro atoms. The largest absolute Gasteiger partial charge is 0.484 e. The Morgan fingerprint density at radius 1 is 1.50 bits per heavy atom. The summed E-state index contributed by atoms with van der Waals surface area (Å²) >= 11 is 0. The lowest BCUT2D eigenvalue weighted by molar-refractivity contribution is 0.350. The average molecular weight is 143 g/mol. The Hall–Kier alpha value is -0.530. The quantitative estimate of drug-likeness (QED) is 0.476. The lowest BCUT2D eigenvalue weighted by atomic mass is 10.0. The predicted octanol–water partition coefficient (Wildman–Crippen LogP) is 2.44. The van der Waals surface area contributed by atoms with Crippen LogP contribution in [0, 0.1) is 11.3 Å². The molecule has 0 heterocycles. The van der Waals surface area contributed by atoms with E-state index < -0.39 is 0 Å². The highest BCUT2D eigenvalue weighted by Gasteiger charge is 2.10. The molecule has 1 N–H and O–H groups in total. The first kappa shape index (κ1) is 9.47. The van der Waals surface area contributed by atoms with Crippen LogP contribution in [0.1, 0.15) is 33.1 Å². The van der Waals surface area contributed by atoms with Crippen molar-refractivity contribution < 1.29 is 4.74 Å². The normalized spacial score (nSPS) is 12.7. The van der Waals surface area contributed by atoms with Crippen molar-refractivity contribution in [1.29, 1.82) is 5.41 Å². The van der Waals surface area contributed by atoms with Crippen molar-refractivity contribution in [1.82, 2.24) is 0 Å². The van der Waals surface area contributed by atoms with E-state index in [4.69, 9.17) is 10.1 Å². The fourth-order valence-electron chi connectivity index (χ4n) is 1.04. The summed E-state index contributed by atoms with van der Waals surface area (Å²) in [7, 11) is 1.57. The molecule has 0 fully saturated rings. The van der Waals surface area contributed by atoms with Crippen molar-refractivity contribution in [3.63, 3.8) is 0 Å². The third kappa shape index (κ3) is 2.85. The van der Waals surface area contributed by atoms with Gasteiger partial charge in [0.15, 0.2) is 5.90 Å². The van der Waals surface area contributed by atoms with E-state index in [-0.39, 0.29) is 0 Å². The minimum absolute atomic E-state index is 0.343. The van der Waals surface area contributed by atoms with Gasteiger partial charge in [0.1, 0.15) is 0 Å². The molecule has 0 aliphatic carbocycles.